The van der Waals surface area contributed by atoms with Gasteiger partial charge in [0.25, 0.3) is 0 Å². The second kappa shape index (κ2) is 6.49. The molecule has 0 radical (unpaired) electrons. The van der Waals surface area contributed by atoms with Crippen molar-refractivity contribution in [1.29, 1.82) is 0 Å². The first-order chi connectivity index (χ1) is 11.5. The molecule has 1 heterocycles. The molecule has 0 N–H and O–H groups in total. The Morgan fingerprint density at radius 2 is 1.83 bits per heavy atom. The zero-order chi connectivity index (χ0) is 17.3. The molecule has 0 fully saturated rings. The molecule has 0 aliphatic rings. The van der Waals surface area contributed by atoms with E-state index in [2.05, 4.69) is 0 Å². The minimum Gasteiger partial charge on any atom is -0.872 e. The van der Waals surface area contributed by atoms with Crippen molar-refractivity contribution in [2.75, 3.05) is 0 Å². The van der Waals surface area contributed by atoms with E-state index in [1.165, 1.54) is 6.92 Å². The maximum atomic E-state index is 12.8. The van der Waals surface area contributed by atoms with Crippen molar-refractivity contribution in [2.45, 2.75) is 19.3 Å². The lowest BCUT2D eigenvalue weighted by molar-refractivity contribution is -0.267. The van der Waals surface area contributed by atoms with Crippen molar-refractivity contribution in [1.82, 2.24) is 0 Å². The van der Waals surface area contributed by atoms with Crippen LogP contribution in [0.5, 0.6) is 5.75 Å². The van der Waals surface area contributed by atoms with Crippen LogP contribution in [0.3, 0.4) is 0 Å². The van der Waals surface area contributed by atoms with Crippen molar-refractivity contribution >= 4 is 28.4 Å². The van der Waals surface area contributed by atoms with Gasteiger partial charge in [-0.3, -0.25) is 4.79 Å². The molecule has 1 aromatic heterocycles. The summed E-state index contributed by atoms with van der Waals surface area (Å²) in [5.41, 5.74) is 0.189. The molecule has 0 spiro atoms. The first kappa shape index (κ1) is 16.3. The second-order valence-corrected chi connectivity index (χ2v) is 6.08. The monoisotopic (exact) mass is 341 g/mol. The molecule has 122 valence electrons. The number of halogens is 1. The highest BCUT2D eigenvalue weighted by molar-refractivity contribution is 6.30. The Morgan fingerprint density at radius 3 is 2.50 bits per heavy atom. The van der Waals surface area contributed by atoms with Gasteiger partial charge in [0, 0.05) is 28.3 Å². The fraction of sp³-hybridized carbons (Fsp3) is 0.158. The van der Waals surface area contributed by atoms with Crippen LogP contribution in [0.4, 0.5) is 0 Å². The summed E-state index contributed by atoms with van der Waals surface area (Å²) in [7, 11) is 0. The van der Waals surface area contributed by atoms with Crippen molar-refractivity contribution in [3.05, 3.63) is 75.1 Å². The van der Waals surface area contributed by atoms with Crippen LogP contribution >= 0.6 is 11.6 Å². The molecule has 5 heteroatoms. The number of benzene rings is 2. The molecule has 0 bridgehead atoms. The fourth-order valence-corrected chi connectivity index (χ4v) is 2.93. The SMILES string of the molecule is CC(=O)C[C@H](c1ccc(Cl)cc1)c1c([O-])c2ccccc2oc1=O. The van der Waals surface area contributed by atoms with Crippen LogP contribution in [0.1, 0.15) is 30.4 Å². The number of carbonyl (C=O) groups is 1. The van der Waals surface area contributed by atoms with Crippen LogP contribution in [0.25, 0.3) is 11.0 Å². The van der Waals surface area contributed by atoms with Gasteiger partial charge in [0.05, 0.1) is 0 Å². The highest BCUT2D eigenvalue weighted by atomic mass is 35.5. The van der Waals surface area contributed by atoms with E-state index in [1.54, 1.807) is 48.5 Å². The zero-order valence-electron chi connectivity index (χ0n) is 12.9. The van der Waals surface area contributed by atoms with Crippen molar-refractivity contribution in [3.63, 3.8) is 0 Å². The van der Waals surface area contributed by atoms with Gasteiger partial charge in [0.2, 0.25) is 0 Å². The molecule has 3 rings (SSSR count). The van der Waals surface area contributed by atoms with Gasteiger partial charge in [-0.15, -0.1) is 0 Å². The predicted octanol–water partition coefficient (Wildman–Crippen LogP) is 3.63. The highest BCUT2D eigenvalue weighted by Crippen LogP contribution is 2.34. The van der Waals surface area contributed by atoms with Crippen LogP contribution in [0, 0.1) is 0 Å². The largest absolute Gasteiger partial charge is 0.872 e. The van der Waals surface area contributed by atoms with E-state index >= 15 is 0 Å². The van der Waals surface area contributed by atoms with E-state index in [-0.39, 0.29) is 23.4 Å². The van der Waals surface area contributed by atoms with Gasteiger partial charge in [-0.2, -0.15) is 0 Å². The van der Waals surface area contributed by atoms with E-state index in [9.17, 15) is 14.7 Å². The Morgan fingerprint density at radius 1 is 1.17 bits per heavy atom. The Kier molecular flexibility index (Phi) is 4.40. The number of carbonyl (C=O) groups excluding carboxylic acids is 1. The summed E-state index contributed by atoms with van der Waals surface area (Å²) < 4.78 is 5.29. The summed E-state index contributed by atoms with van der Waals surface area (Å²) >= 11 is 5.90. The van der Waals surface area contributed by atoms with Gasteiger partial charge in [-0.05, 0) is 30.7 Å². The van der Waals surface area contributed by atoms with Gasteiger partial charge in [-0.1, -0.05) is 47.7 Å². The van der Waals surface area contributed by atoms with E-state index in [4.69, 9.17) is 16.0 Å². The second-order valence-electron chi connectivity index (χ2n) is 5.64. The lowest BCUT2D eigenvalue weighted by atomic mass is 9.87. The van der Waals surface area contributed by atoms with Crippen molar-refractivity contribution < 1.29 is 14.3 Å². The molecule has 0 amide bonds. The lowest BCUT2D eigenvalue weighted by Crippen LogP contribution is -2.19. The zero-order valence-corrected chi connectivity index (χ0v) is 13.7. The number of hydrogen-bond donors (Lipinski definition) is 0. The molecule has 0 saturated carbocycles. The summed E-state index contributed by atoms with van der Waals surface area (Å²) in [6.07, 6.45) is 0.0416. The third-order valence-electron chi connectivity index (χ3n) is 3.91. The molecule has 0 aliphatic carbocycles. The minimum absolute atomic E-state index is 0.0220. The highest BCUT2D eigenvalue weighted by Gasteiger charge is 2.22. The van der Waals surface area contributed by atoms with Gasteiger partial charge in [0.1, 0.15) is 11.4 Å². The van der Waals surface area contributed by atoms with E-state index in [0.29, 0.717) is 16.0 Å². The average Bonchev–Trinajstić information content (AvgIpc) is 2.54. The normalized spacial score (nSPS) is 12.2. The molecule has 3 aromatic rings. The van der Waals surface area contributed by atoms with Crippen LogP contribution in [-0.4, -0.2) is 5.78 Å². The van der Waals surface area contributed by atoms with Crippen LogP contribution in [-0.2, 0) is 4.79 Å². The van der Waals surface area contributed by atoms with Gasteiger partial charge >= 0.3 is 5.63 Å². The van der Waals surface area contributed by atoms with Gasteiger partial charge < -0.3 is 9.52 Å². The number of ketones is 1. The number of para-hydroxylation sites is 1. The molecule has 4 nitrogen and oxygen atoms in total. The molecule has 24 heavy (non-hydrogen) atoms. The Bertz CT molecular complexity index is 957. The smallest absolute Gasteiger partial charge is 0.339 e. The van der Waals surface area contributed by atoms with E-state index < -0.39 is 17.3 Å². The van der Waals surface area contributed by atoms with E-state index in [0.717, 1.165) is 0 Å². The summed E-state index contributed by atoms with van der Waals surface area (Å²) in [6.45, 7) is 1.43. The average molecular weight is 342 g/mol. The predicted molar refractivity (Wildman–Crippen MR) is 90.5 cm³/mol. The third kappa shape index (κ3) is 3.05. The molecule has 0 saturated heterocycles. The summed E-state index contributed by atoms with van der Waals surface area (Å²) in [6, 6.07) is 13.3. The topological polar surface area (TPSA) is 70.3 Å². The maximum Gasteiger partial charge on any atom is 0.339 e. The standard InChI is InChI=1S/C19H15ClO4/c1-11(21)10-15(12-6-8-13(20)9-7-12)17-18(22)14-4-2-3-5-16(14)24-19(17)23/h2-9,15,22H,10H2,1H3/p-1/t15-/m1/s1. The molecule has 2 aromatic carbocycles. The Hall–Kier alpha value is -2.59. The summed E-state index contributed by atoms with van der Waals surface area (Å²) in [4.78, 5) is 24.1. The van der Waals surface area contributed by atoms with Crippen LogP contribution in [0.2, 0.25) is 5.02 Å². The van der Waals surface area contributed by atoms with Crippen LogP contribution in [0.15, 0.2) is 57.7 Å². The number of hydrogen-bond acceptors (Lipinski definition) is 4. The third-order valence-corrected chi connectivity index (χ3v) is 4.16. The Balaban J connectivity index is 2.24. The molecular formula is C19H14ClO4-. The lowest BCUT2D eigenvalue weighted by Gasteiger charge is -2.22. The molecular weight excluding hydrogens is 328 g/mol. The summed E-state index contributed by atoms with van der Waals surface area (Å²) in [5, 5.41) is 13.7. The van der Waals surface area contributed by atoms with Crippen molar-refractivity contribution in [3.8, 4) is 5.75 Å². The molecule has 1 atom stereocenters. The number of fused-ring (bicyclic) bond motifs is 1. The first-order valence-corrected chi connectivity index (χ1v) is 7.83. The van der Waals surface area contributed by atoms with Gasteiger partial charge in [0.15, 0.2) is 0 Å². The Labute approximate surface area is 143 Å². The maximum absolute atomic E-state index is 12.8. The minimum atomic E-state index is -0.708. The number of Topliss-reactive ketones (excluding diaryl/α,β-unsaturated/α-hetero) is 1. The summed E-state index contributed by atoms with van der Waals surface area (Å²) in [5.74, 6) is -1.18. The van der Waals surface area contributed by atoms with Crippen molar-refractivity contribution in [2.24, 2.45) is 0 Å². The fourth-order valence-electron chi connectivity index (χ4n) is 2.81. The van der Waals surface area contributed by atoms with E-state index in [1.807, 2.05) is 0 Å². The van der Waals surface area contributed by atoms with Gasteiger partial charge in [-0.25, -0.2) is 4.79 Å². The van der Waals surface area contributed by atoms with Crippen LogP contribution < -0.4 is 10.7 Å². The molecule has 0 unspecified atom stereocenters. The quantitative estimate of drug-likeness (QED) is 0.679. The first-order valence-electron chi connectivity index (χ1n) is 7.45. The number of rotatable bonds is 4. The molecule has 0 aliphatic heterocycles.